The number of benzene rings is 1. The van der Waals surface area contributed by atoms with Crippen LogP contribution in [0.25, 0.3) is 22.6 Å². The summed E-state index contributed by atoms with van der Waals surface area (Å²) in [6.07, 6.45) is 0. The number of phenolic OH excluding ortho intramolecular Hbond substituents is 1. The van der Waals surface area contributed by atoms with Gasteiger partial charge < -0.3 is 10.1 Å². The Morgan fingerprint density at radius 2 is 1.88 bits per heavy atom. The number of phenols is 1. The molecule has 0 aliphatic carbocycles. The third kappa shape index (κ3) is 3.28. The minimum absolute atomic E-state index is 0.236. The van der Waals surface area contributed by atoms with Crippen molar-refractivity contribution in [1.29, 1.82) is 0 Å². The van der Waals surface area contributed by atoms with E-state index >= 15 is 0 Å². The summed E-state index contributed by atoms with van der Waals surface area (Å²) >= 11 is 0. The van der Waals surface area contributed by atoms with Crippen molar-refractivity contribution < 1.29 is 10.0 Å². The van der Waals surface area contributed by atoms with E-state index in [-0.39, 0.29) is 16.9 Å². The van der Waals surface area contributed by atoms with Crippen molar-refractivity contribution in [2.75, 3.05) is 0 Å². The highest BCUT2D eigenvalue weighted by molar-refractivity contribution is 5.78. The van der Waals surface area contributed by atoms with E-state index in [9.17, 15) is 15.2 Å². The minimum atomic E-state index is -0.610. The Balaban J connectivity index is 2.25. The molecule has 3 rings (SSSR count). The van der Waals surface area contributed by atoms with Crippen LogP contribution in [0.2, 0.25) is 0 Å². The number of nitrogens with zero attached hydrogens (tertiary/aromatic N) is 3. The lowest BCUT2D eigenvalue weighted by Gasteiger charge is -2.14. The predicted molar refractivity (Wildman–Crippen MR) is 99.0 cm³/mol. The van der Waals surface area contributed by atoms with E-state index in [0.29, 0.717) is 22.6 Å². The molecule has 0 amide bonds. The summed E-state index contributed by atoms with van der Waals surface area (Å²) in [5.74, 6) is 0.377. The second kappa shape index (κ2) is 6.25. The Kier molecular flexibility index (Phi) is 4.23. The molecule has 0 saturated heterocycles. The van der Waals surface area contributed by atoms with Gasteiger partial charge in [0.2, 0.25) is 0 Å². The molecule has 3 aromatic rings. The van der Waals surface area contributed by atoms with Gasteiger partial charge in [0.25, 0.3) is 0 Å². The van der Waals surface area contributed by atoms with Gasteiger partial charge in [-0.25, -0.2) is 4.98 Å². The molecule has 2 heterocycles. The summed E-state index contributed by atoms with van der Waals surface area (Å²) in [5.41, 5.74) is 2.77. The number of nitro groups is 1. The summed E-state index contributed by atoms with van der Waals surface area (Å²) in [6.45, 7) is 7.99. The summed E-state index contributed by atoms with van der Waals surface area (Å²) < 4.78 is 0. The summed E-state index contributed by atoms with van der Waals surface area (Å²) in [7, 11) is 0. The molecule has 7 nitrogen and oxygen atoms in total. The number of aromatic nitrogens is 3. The summed E-state index contributed by atoms with van der Waals surface area (Å²) in [6, 6.07) is 9.92. The number of rotatable bonds is 3. The van der Waals surface area contributed by atoms with Crippen LogP contribution in [0.3, 0.4) is 0 Å². The quantitative estimate of drug-likeness (QED) is 0.538. The molecule has 0 radical (unpaired) electrons. The van der Waals surface area contributed by atoms with Gasteiger partial charge in [0.05, 0.1) is 22.0 Å². The fourth-order valence-electron chi connectivity index (χ4n) is 2.62. The molecule has 134 valence electrons. The molecule has 2 aromatic heterocycles. The van der Waals surface area contributed by atoms with Crippen molar-refractivity contribution in [2.24, 2.45) is 0 Å². The van der Waals surface area contributed by atoms with Crippen LogP contribution in [0, 0.1) is 17.0 Å². The number of nitro benzene ring substituents is 1. The topological polar surface area (TPSA) is 105 Å². The Morgan fingerprint density at radius 3 is 2.50 bits per heavy atom. The van der Waals surface area contributed by atoms with Gasteiger partial charge in [-0.2, -0.15) is 0 Å². The molecule has 2 N–H and O–H groups in total. The van der Waals surface area contributed by atoms with Crippen LogP contribution in [0.1, 0.15) is 32.3 Å². The highest BCUT2D eigenvalue weighted by atomic mass is 16.6. The lowest BCUT2D eigenvalue weighted by atomic mass is 9.96. The van der Waals surface area contributed by atoms with Gasteiger partial charge in [0.1, 0.15) is 5.82 Å². The van der Waals surface area contributed by atoms with Crippen LogP contribution in [0.5, 0.6) is 5.75 Å². The first-order chi connectivity index (χ1) is 12.2. The van der Waals surface area contributed by atoms with E-state index in [0.717, 1.165) is 11.5 Å². The van der Waals surface area contributed by atoms with Gasteiger partial charge in [-0.1, -0.05) is 26.8 Å². The van der Waals surface area contributed by atoms with E-state index in [4.69, 9.17) is 0 Å². The van der Waals surface area contributed by atoms with Gasteiger partial charge in [-0.15, -0.1) is 0 Å². The van der Waals surface area contributed by atoms with E-state index < -0.39 is 4.92 Å². The van der Waals surface area contributed by atoms with Crippen LogP contribution in [-0.4, -0.2) is 25.0 Å². The third-order valence-electron chi connectivity index (χ3n) is 4.00. The molecule has 26 heavy (non-hydrogen) atoms. The Labute approximate surface area is 150 Å². The second-order valence-electron chi connectivity index (χ2n) is 7.18. The van der Waals surface area contributed by atoms with Crippen LogP contribution >= 0.6 is 0 Å². The zero-order chi connectivity index (χ0) is 19.1. The van der Waals surface area contributed by atoms with Crippen molar-refractivity contribution >= 4 is 5.69 Å². The van der Waals surface area contributed by atoms with E-state index in [1.165, 1.54) is 12.1 Å². The van der Waals surface area contributed by atoms with Crippen molar-refractivity contribution in [2.45, 2.75) is 33.1 Å². The molecule has 0 aliphatic rings. The smallest absolute Gasteiger partial charge is 0.311 e. The molecular formula is C19H20N4O3. The average molecular weight is 352 g/mol. The van der Waals surface area contributed by atoms with Crippen LogP contribution in [0.15, 0.2) is 36.4 Å². The first-order valence-electron chi connectivity index (χ1n) is 8.19. The standard InChI is InChI=1S/C19H20N4O3/c1-11-6-5-7-13(20-11)17-16(21-18(22-17)19(2,3)4)12-8-9-15(24)14(10-12)23(25)26/h5-10,24H,1-4H3,(H,21,22). The van der Waals surface area contributed by atoms with E-state index in [1.807, 2.05) is 45.9 Å². The van der Waals surface area contributed by atoms with Crippen LogP contribution < -0.4 is 0 Å². The second-order valence-corrected chi connectivity index (χ2v) is 7.18. The molecule has 0 saturated carbocycles. The summed E-state index contributed by atoms with van der Waals surface area (Å²) in [4.78, 5) is 23.1. The highest BCUT2D eigenvalue weighted by Gasteiger charge is 2.24. The molecule has 0 fully saturated rings. The van der Waals surface area contributed by atoms with Gasteiger partial charge in [0, 0.05) is 22.7 Å². The first kappa shape index (κ1) is 17.6. The lowest BCUT2D eigenvalue weighted by Crippen LogP contribution is -2.13. The van der Waals surface area contributed by atoms with Gasteiger partial charge >= 0.3 is 5.69 Å². The maximum atomic E-state index is 11.2. The number of imidazole rings is 1. The van der Waals surface area contributed by atoms with Gasteiger partial charge in [0.15, 0.2) is 5.75 Å². The van der Waals surface area contributed by atoms with Gasteiger partial charge in [-0.3, -0.25) is 15.1 Å². The van der Waals surface area contributed by atoms with Crippen LogP contribution in [0.4, 0.5) is 5.69 Å². The number of aromatic hydroxyl groups is 1. The minimum Gasteiger partial charge on any atom is -0.502 e. The first-order valence-corrected chi connectivity index (χ1v) is 8.19. The largest absolute Gasteiger partial charge is 0.502 e. The molecular weight excluding hydrogens is 332 g/mol. The number of aryl methyl sites for hydroxylation is 1. The maximum absolute atomic E-state index is 11.2. The zero-order valence-electron chi connectivity index (χ0n) is 15.1. The Hall–Kier alpha value is -3.22. The van der Waals surface area contributed by atoms with E-state index in [2.05, 4.69) is 15.0 Å². The third-order valence-corrected chi connectivity index (χ3v) is 4.00. The Bertz CT molecular complexity index is 987. The number of aromatic amines is 1. The predicted octanol–water partition coefficient (Wildman–Crippen LogP) is 4.36. The molecule has 1 aromatic carbocycles. The zero-order valence-corrected chi connectivity index (χ0v) is 15.1. The van der Waals surface area contributed by atoms with Crippen molar-refractivity contribution in [3.05, 3.63) is 58.0 Å². The number of H-pyrrole nitrogens is 1. The van der Waals surface area contributed by atoms with Crippen molar-refractivity contribution in [3.8, 4) is 28.4 Å². The Morgan fingerprint density at radius 1 is 1.15 bits per heavy atom. The molecule has 0 unspecified atom stereocenters. The lowest BCUT2D eigenvalue weighted by molar-refractivity contribution is -0.385. The maximum Gasteiger partial charge on any atom is 0.311 e. The fourth-order valence-corrected chi connectivity index (χ4v) is 2.62. The van der Waals surface area contributed by atoms with Gasteiger partial charge in [-0.05, 0) is 31.2 Å². The van der Waals surface area contributed by atoms with E-state index in [1.54, 1.807) is 6.07 Å². The summed E-state index contributed by atoms with van der Waals surface area (Å²) in [5, 5.41) is 20.9. The number of hydrogen-bond acceptors (Lipinski definition) is 5. The fraction of sp³-hybridized carbons (Fsp3) is 0.263. The SMILES string of the molecule is Cc1cccc(-c2[nH]c(C(C)(C)C)nc2-c2ccc(O)c([N+](=O)[O-])c2)n1. The molecule has 7 heteroatoms. The van der Waals surface area contributed by atoms with Crippen molar-refractivity contribution in [3.63, 3.8) is 0 Å². The van der Waals surface area contributed by atoms with Crippen molar-refractivity contribution in [1.82, 2.24) is 15.0 Å². The number of hydrogen-bond donors (Lipinski definition) is 2. The molecule has 0 atom stereocenters. The molecule has 0 spiro atoms. The monoisotopic (exact) mass is 352 g/mol. The van der Waals surface area contributed by atoms with Crippen LogP contribution in [-0.2, 0) is 5.41 Å². The molecule has 0 bridgehead atoms. The number of nitrogens with one attached hydrogen (secondary N) is 1. The average Bonchev–Trinajstić information content (AvgIpc) is 3.00. The normalized spacial score (nSPS) is 11.5. The highest BCUT2D eigenvalue weighted by Crippen LogP contribution is 2.36. The molecule has 0 aliphatic heterocycles. The number of pyridine rings is 1.